The van der Waals surface area contributed by atoms with E-state index in [4.69, 9.17) is 9.84 Å². The summed E-state index contributed by atoms with van der Waals surface area (Å²) in [6, 6.07) is 12.5. The van der Waals surface area contributed by atoms with E-state index in [9.17, 15) is 9.90 Å². The Hall–Kier alpha value is -2.60. The second-order valence-corrected chi connectivity index (χ2v) is 5.52. The SMILES string of the molecule is COc1cccc(C2CC(O)CN2c2cccc(C(=O)O)n2)c1. The Balaban J connectivity index is 1.96. The van der Waals surface area contributed by atoms with E-state index in [1.54, 1.807) is 19.2 Å². The summed E-state index contributed by atoms with van der Waals surface area (Å²) in [5, 5.41) is 19.2. The summed E-state index contributed by atoms with van der Waals surface area (Å²) in [5.74, 6) is 0.231. The van der Waals surface area contributed by atoms with Gasteiger partial charge in [0.2, 0.25) is 0 Å². The van der Waals surface area contributed by atoms with E-state index in [0.717, 1.165) is 11.3 Å². The van der Waals surface area contributed by atoms with Gasteiger partial charge in [-0.15, -0.1) is 0 Å². The van der Waals surface area contributed by atoms with Gasteiger partial charge in [0.1, 0.15) is 11.6 Å². The Bertz CT molecular complexity index is 719. The predicted octanol–water partition coefficient (Wildman–Crippen LogP) is 2.10. The molecule has 0 aliphatic carbocycles. The van der Waals surface area contributed by atoms with E-state index in [2.05, 4.69) is 4.98 Å². The first kappa shape index (κ1) is 15.3. The van der Waals surface area contributed by atoms with Crippen molar-refractivity contribution in [3.8, 4) is 5.75 Å². The highest BCUT2D eigenvalue weighted by Crippen LogP contribution is 2.36. The van der Waals surface area contributed by atoms with Gasteiger partial charge in [0.25, 0.3) is 0 Å². The summed E-state index contributed by atoms with van der Waals surface area (Å²) in [4.78, 5) is 17.2. The monoisotopic (exact) mass is 314 g/mol. The fraction of sp³-hybridized carbons (Fsp3) is 0.294. The van der Waals surface area contributed by atoms with Crippen molar-refractivity contribution in [2.45, 2.75) is 18.6 Å². The average Bonchev–Trinajstić information content (AvgIpc) is 2.97. The number of aliphatic hydroxyl groups is 1. The Morgan fingerprint density at radius 3 is 2.83 bits per heavy atom. The van der Waals surface area contributed by atoms with Crippen molar-refractivity contribution in [2.75, 3.05) is 18.6 Å². The van der Waals surface area contributed by atoms with Crippen LogP contribution in [0.25, 0.3) is 0 Å². The van der Waals surface area contributed by atoms with Crippen LogP contribution < -0.4 is 9.64 Å². The van der Waals surface area contributed by atoms with Gasteiger partial charge in [-0.05, 0) is 36.2 Å². The van der Waals surface area contributed by atoms with Crippen LogP contribution >= 0.6 is 0 Å². The number of rotatable bonds is 4. The molecule has 2 unspecified atom stereocenters. The number of pyridine rings is 1. The van der Waals surface area contributed by atoms with Gasteiger partial charge in [-0.25, -0.2) is 9.78 Å². The van der Waals surface area contributed by atoms with Crippen molar-refractivity contribution in [1.82, 2.24) is 4.98 Å². The van der Waals surface area contributed by atoms with Crippen LogP contribution in [0.5, 0.6) is 5.75 Å². The number of ether oxygens (including phenoxy) is 1. The summed E-state index contributed by atoms with van der Waals surface area (Å²) in [5.41, 5.74) is 0.997. The van der Waals surface area contributed by atoms with Gasteiger partial charge in [-0.1, -0.05) is 18.2 Å². The minimum atomic E-state index is -1.07. The van der Waals surface area contributed by atoms with Crippen LogP contribution in [0.3, 0.4) is 0 Å². The van der Waals surface area contributed by atoms with Crippen molar-refractivity contribution in [2.24, 2.45) is 0 Å². The van der Waals surface area contributed by atoms with Crippen molar-refractivity contribution < 1.29 is 19.7 Å². The first-order valence-corrected chi connectivity index (χ1v) is 7.37. The van der Waals surface area contributed by atoms with E-state index in [1.807, 2.05) is 29.2 Å². The maximum absolute atomic E-state index is 11.1. The molecule has 6 nitrogen and oxygen atoms in total. The van der Waals surface area contributed by atoms with E-state index in [1.165, 1.54) is 6.07 Å². The molecular weight excluding hydrogens is 296 g/mol. The molecule has 1 aliphatic rings. The van der Waals surface area contributed by atoms with Gasteiger partial charge in [-0.3, -0.25) is 0 Å². The molecule has 2 aromatic rings. The molecule has 120 valence electrons. The predicted molar refractivity (Wildman–Crippen MR) is 84.9 cm³/mol. The fourth-order valence-corrected chi connectivity index (χ4v) is 2.93. The molecule has 1 aromatic carbocycles. The van der Waals surface area contributed by atoms with E-state index in [0.29, 0.717) is 18.8 Å². The summed E-state index contributed by atoms with van der Waals surface area (Å²) >= 11 is 0. The molecule has 1 saturated heterocycles. The van der Waals surface area contributed by atoms with Crippen LogP contribution in [0.1, 0.15) is 28.5 Å². The van der Waals surface area contributed by atoms with Gasteiger partial charge < -0.3 is 19.8 Å². The fourth-order valence-electron chi connectivity index (χ4n) is 2.93. The number of benzene rings is 1. The minimum Gasteiger partial charge on any atom is -0.497 e. The van der Waals surface area contributed by atoms with Crippen LogP contribution in [-0.4, -0.2) is 40.9 Å². The quantitative estimate of drug-likeness (QED) is 0.899. The number of aromatic nitrogens is 1. The van der Waals surface area contributed by atoms with Gasteiger partial charge in [0.15, 0.2) is 5.69 Å². The van der Waals surface area contributed by atoms with Crippen molar-refractivity contribution in [3.05, 3.63) is 53.7 Å². The molecule has 0 saturated carbocycles. The first-order chi connectivity index (χ1) is 11.1. The standard InChI is InChI=1S/C17H18N2O4/c1-23-13-5-2-4-11(8-13)15-9-12(20)10-19(15)16-7-3-6-14(18-16)17(21)22/h2-8,12,15,20H,9-10H2,1H3,(H,21,22). The number of methoxy groups -OCH3 is 1. The number of carboxylic acid groups (broad SMARTS) is 1. The molecule has 0 amide bonds. The number of hydrogen-bond acceptors (Lipinski definition) is 5. The number of β-amino-alcohol motifs (C(OH)–C–C–N with tert-alkyl or cyclic N) is 1. The molecule has 1 aromatic heterocycles. The van der Waals surface area contributed by atoms with Crippen LogP contribution in [0, 0.1) is 0 Å². The van der Waals surface area contributed by atoms with E-state index < -0.39 is 12.1 Å². The Morgan fingerprint density at radius 1 is 1.30 bits per heavy atom. The van der Waals surface area contributed by atoms with Gasteiger partial charge in [0.05, 0.1) is 19.3 Å². The molecule has 2 N–H and O–H groups in total. The molecule has 2 atom stereocenters. The lowest BCUT2D eigenvalue weighted by atomic mass is 10.0. The Kier molecular flexibility index (Phi) is 4.16. The third-order valence-corrected chi connectivity index (χ3v) is 4.01. The molecule has 3 rings (SSSR count). The van der Waals surface area contributed by atoms with Gasteiger partial charge >= 0.3 is 5.97 Å². The molecule has 1 fully saturated rings. The topological polar surface area (TPSA) is 82.9 Å². The van der Waals surface area contributed by atoms with Crippen molar-refractivity contribution in [1.29, 1.82) is 0 Å². The summed E-state index contributed by atoms with van der Waals surface area (Å²) in [6.07, 6.45) is 0.0769. The zero-order valence-corrected chi connectivity index (χ0v) is 12.7. The highest BCUT2D eigenvalue weighted by molar-refractivity contribution is 5.85. The minimum absolute atomic E-state index is 0.00622. The number of anilines is 1. The third-order valence-electron chi connectivity index (χ3n) is 4.01. The maximum Gasteiger partial charge on any atom is 0.354 e. The number of carboxylic acids is 1. The smallest absolute Gasteiger partial charge is 0.354 e. The number of nitrogens with zero attached hydrogens (tertiary/aromatic N) is 2. The number of aromatic carboxylic acids is 1. The highest BCUT2D eigenvalue weighted by atomic mass is 16.5. The van der Waals surface area contributed by atoms with E-state index in [-0.39, 0.29) is 11.7 Å². The molecule has 6 heteroatoms. The molecule has 2 heterocycles. The second-order valence-electron chi connectivity index (χ2n) is 5.52. The molecular formula is C17H18N2O4. The normalized spacial score (nSPS) is 20.5. The average molecular weight is 314 g/mol. The highest BCUT2D eigenvalue weighted by Gasteiger charge is 2.33. The largest absolute Gasteiger partial charge is 0.497 e. The van der Waals surface area contributed by atoms with Crippen LogP contribution in [-0.2, 0) is 0 Å². The van der Waals surface area contributed by atoms with Gasteiger partial charge in [-0.2, -0.15) is 0 Å². The second kappa shape index (κ2) is 6.26. The summed E-state index contributed by atoms with van der Waals surface area (Å²) in [6.45, 7) is 0.415. The van der Waals surface area contributed by atoms with E-state index >= 15 is 0 Å². The van der Waals surface area contributed by atoms with Crippen LogP contribution in [0.4, 0.5) is 5.82 Å². The first-order valence-electron chi connectivity index (χ1n) is 7.37. The lowest BCUT2D eigenvalue weighted by Gasteiger charge is -2.26. The third kappa shape index (κ3) is 3.12. The molecule has 0 spiro atoms. The number of aliphatic hydroxyl groups excluding tert-OH is 1. The zero-order chi connectivity index (χ0) is 16.4. The molecule has 1 aliphatic heterocycles. The van der Waals surface area contributed by atoms with Crippen molar-refractivity contribution in [3.63, 3.8) is 0 Å². The molecule has 23 heavy (non-hydrogen) atoms. The molecule has 0 bridgehead atoms. The van der Waals surface area contributed by atoms with Crippen molar-refractivity contribution >= 4 is 11.8 Å². The lowest BCUT2D eigenvalue weighted by Crippen LogP contribution is -2.25. The maximum atomic E-state index is 11.1. The summed E-state index contributed by atoms with van der Waals surface area (Å²) < 4.78 is 5.26. The zero-order valence-electron chi connectivity index (χ0n) is 12.7. The molecule has 0 radical (unpaired) electrons. The summed E-state index contributed by atoms with van der Waals surface area (Å²) in [7, 11) is 1.61. The number of carbonyl (C=O) groups is 1. The van der Waals surface area contributed by atoms with Crippen LogP contribution in [0.2, 0.25) is 0 Å². The Labute approximate surface area is 134 Å². The van der Waals surface area contributed by atoms with Gasteiger partial charge in [0, 0.05) is 6.54 Å². The van der Waals surface area contributed by atoms with Crippen LogP contribution in [0.15, 0.2) is 42.5 Å². The number of hydrogen-bond donors (Lipinski definition) is 2. The Morgan fingerprint density at radius 2 is 2.09 bits per heavy atom. The lowest BCUT2D eigenvalue weighted by molar-refractivity contribution is 0.0690.